The minimum Gasteiger partial charge on any atom is -0.373 e. The minimum atomic E-state index is -0.124. The van der Waals surface area contributed by atoms with E-state index >= 15 is 0 Å². The predicted octanol–water partition coefficient (Wildman–Crippen LogP) is 3.82. The molecular formula is C16H26ClNO2. The first-order chi connectivity index (χ1) is 9.42. The van der Waals surface area contributed by atoms with Crippen molar-refractivity contribution < 1.29 is 9.47 Å². The summed E-state index contributed by atoms with van der Waals surface area (Å²) in [6.45, 7) is 11.1. The summed E-state index contributed by atoms with van der Waals surface area (Å²) in [5, 5.41) is 4.06. The van der Waals surface area contributed by atoms with Crippen molar-refractivity contribution >= 4 is 11.6 Å². The molecule has 4 heteroatoms. The van der Waals surface area contributed by atoms with E-state index in [0.29, 0.717) is 13.2 Å². The van der Waals surface area contributed by atoms with E-state index in [1.807, 2.05) is 45.0 Å². The number of nitrogens with one attached hydrogen (secondary N) is 1. The van der Waals surface area contributed by atoms with Gasteiger partial charge in [-0.1, -0.05) is 30.7 Å². The fourth-order valence-electron chi connectivity index (χ4n) is 1.76. The summed E-state index contributed by atoms with van der Waals surface area (Å²) in [6.07, 6.45) is 0.0239. The molecule has 1 rings (SSSR count). The van der Waals surface area contributed by atoms with Crippen molar-refractivity contribution in [3.8, 4) is 0 Å². The van der Waals surface area contributed by atoms with Gasteiger partial charge in [0, 0.05) is 11.6 Å². The van der Waals surface area contributed by atoms with Crippen LogP contribution in [0.15, 0.2) is 24.3 Å². The first kappa shape index (κ1) is 17.4. The quantitative estimate of drug-likeness (QED) is 0.740. The first-order valence-electron chi connectivity index (χ1n) is 7.14. The Morgan fingerprint density at radius 2 is 1.80 bits per heavy atom. The molecule has 1 atom stereocenters. The van der Waals surface area contributed by atoms with Crippen LogP contribution < -0.4 is 5.32 Å². The molecule has 114 valence electrons. The molecule has 1 aromatic rings. The number of rotatable bonds is 8. The second-order valence-corrected chi connectivity index (χ2v) is 6.12. The van der Waals surface area contributed by atoms with Crippen molar-refractivity contribution in [2.45, 2.75) is 39.4 Å². The number of benzene rings is 1. The van der Waals surface area contributed by atoms with E-state index in [4.69, 9.17) is 21.1 Å². The Hall–Kier alpha value is -0.610. The van der Waals surface area contributed by atoms with E-state index in [9.17, 15) is 0 Å². The molecule has 0 saturated heterocycles. The van der Waals surface area contributed by atoms with E-state index in [2.05, 4.69) is 12.2 Å². The third-order valence-corrected chi connectivity index (χ3v) is 3.01. The zero-order valence-corrected chi connectivity index (χ0v) is 13.7. The van der Waals surface area contributed by atoms with Crippen molar-refractivity contribution in [3.63, 3.8) is 0 Å². The minimum absolute atomic E-state index is 0.0239. The topological polar surface area (TPSA) is 30.5 Å². The monoisotopic (exact) mass is 299 g/mol. The van der Waals surface area contributed by atoms with Gasteiger partial charge in [0.25, 0.3) is 0 Å². The highest BCUT2D eigenvalue weighted by Crippen LogP contribution is 2.19. The Labute approximate surface area is 127 Å². The van der Waals surface area contributed by atoms with Crippen LogP contribution in [0.5, 0.6) is 0 Å². The maximum Gasteiger partial charge on any atom is 0.0950 e. The summed E-state index contributed by atoms with van der Waals surface area (Å²) in [4.78, 5) is 0. The third kappa shape index (κ3) is 7.25. The second-order valence-electron chi connectivity index (χ2n) is 5.68. The zero-order chi connectivity index (χ0) is 15.0. The van der Waals surface area contributed by atoms with E-state index in [-0.39, 0.29) is 11.7 Å². The number of likely N-dealkylation sites (N-methyl/N-ethyl adjacent to an activating group) is 1. The summed E-state index contributed by atoms with van der Waals surface area (Å²) in [7, 11) is 0. The lowest BCUT2D eigenvalue weighted by atomic mass is 10.1. The van der Waals surface area contributed by atoms with Crippen LogP contribution in [0.25, 0.3) is 0 Å². The summed E-state index contributed by atoms with van der Waals surface area (Å²) in [5.74, 6) is 0. The van der Waals surface area contributed by atoms with Crippen LogP contribution in [0.4, 0.5) is 0 Å². The first-order valence-corrected chi connectivity index (χ1v) is 7.52. The molecule has 0 saturated carbocycles. The second kappa shape index (κ2) is 8.63. The highest BCUT2D eigenvalue weighted by atomic mass is 35.5. The van der Waals surface area contributed by atoms with Gasteiger partial charge in [0.1, 0.15) is 0 Å². The van der Waals surface area contributed by atoms with Crippen molar-refractivity contribution in [2.75, 3.05) is 26.3 Å². The molecular weight excluding hydrogens is 274 g/mol. The standard InChI is InChI=1S/C16H26ClNO2/c1-5-18-12-15(13-6-8-14(17)9-7-13)19-10-11-20-16(2,3)4/h6-9,15,18H,5,10-12H2,1-4H3. The van der Waals surface area contributed by atoms with Crippen LogP contribution in [0.3, 0.4) is 0 Å². The van der Waals surface area contributed by atoms with Gasteiger partial charge in [-0.25, -0.2) is 0 Å². The Morgan fingerprint density at radius 1 is 1.15 bits per heavy atom. The number of ether oxygens (including phenoxy) is 2. The van der Waals surface area contributed by atoms with Crippen LogP contribution in [-0.2, 0) is 9.47 Å². The van der Waals surface area contributed by atoms with E-state index in [1.165, 1.54) is 0 Å². The summed E-state index contributed by atoms with van der Waals surface area (Å²) >= 11 is 5.92. The highest BCUT2D eigenvalue weighted by molar-refractivity contribution is 6.30. The SMILES string of the molecule is CCNCC(OCCOC(C)(C)C)c1ccc(Cl)cc1. The van der Waals surface area contributed by atoms with Crippen LogP contribution in [0, 0.1) is 0 Å². The van der Waals surface area contributed by atoms with E-state index in [0.717, 1.165) is 23.7 Å². The summed E-state index contributed by atoms with van der Waals surface area (Å²) < 4.78 is 11.6. The van der Waals surface area contributed by atoms with Gasteiger partial charge in [0.2, 0.25) is 0 Å². The molecule has 0 amide bonds. The third-order valence-electron chi connectivity index (χ3n) is 2.76. The highest BCUT2D eigenvalue weighted by Gasteiger charge is 2.13. The van der Waals surface area contributed by atoms with Crippen LogP contribution in [-0.4, -0.2) is 31.9 Å². The zero-order valence-electron chi connectivity index (χ0n) is 12.9. The van der Waals surface area contributed by atoms with Gasteiger partial charge in [0.05, 0.1) is 24.9 Å². The fraction of sp³-hybridized carbons (Fsp3) is 0.625. The molecule has 1 unspecified atom stereocenters. The van der Waals surface area contributed by atoms with Crippen molar-refractivity contribution in [1.29, 1.82) is 0 Å². The fourth-order valence-corrected chi connectivity index (χ4v) is 1.89. The molecule has 1 N–H and O–H groups in total. The van der Waals surface area contributed by atoms with Crippen LogP contribution in [0.2, 0.25) is 5.02 Å². The van der Waals surface area contributed by atoms with Crippen molar-refractivity contribution in [1.82, 2.24) is 5.32 Å². The van der Waals surface area contributed by atoms with Gasteiger partial charge >= 0.3 is 0 Å². The Morgan fingerprint density at radius 3 is 2.35 bits per heavy atom. The molecule has 3 nitrogen and oxygen atoms in total. The van der Waals surface area contributed by atoms with Crippen molar-refractivity contribution in [3.05, 3.63) is 34.9 Å². The van der Waals surface area contributed by atoms with E-state index in [1.54, 1.807) is 0 Å². The number of halogens is 1. The lowest BCUT2D eigenvalue weighted by molar-refractivity contribution is -0.0518. The average molecular weight is 300 g/mol. The van der Waals surface area contributed by atoms with Gasteiger partial charge in [0.15, 0.2) is 0 Å². The molecule has 0 aromatic heterocycles. The molecule has 0 heterocycles. The summed E-state index contributed by atoms with van der Waals surface area (Å²) in [5.41, 5.74) is 1.01. The van der Waals surface area contributed by atoms with Crippen LogP contribution >= 0.6 is 11.6 Å². The molecule has 0 aliphatic carbocycles. The molecule has 0 fully saturated rings. The average Bonchev–Trinajstić information content (AvgIpc) is 2.38. The van der Waals surface area contributed by atoms with Gasteiger partial charge in [-0.3, -0.25) is 0 Å². The van der Waals surface area contributed by atoms with Gasteiger partial charge in [-0.2, -0.15) is 0 Å². The molecule has 0 spiro atoms. The maximum atomic E-state index is 5.93. The normalized spacial score (nSPS) is 13.4. The predicted molar refractivity (Wildman–Crippen MR) is 84.4 cm³/mol. The molecule has 0 aliphatic heterocycles. The number of hydrogen-bond donors (Lipinski definition) is 1. The largest absolute Gasteiger partial charge is 0.373 e. The van der Waals surface area contributed by atoms with Gasteiger partial charge < -0.3 is 14.8 Å². The molecule has 20 heavy (non-hydrogen) atoms. The van der Waals surface area contributed by atoms with Crippen molar-refractivity contribution in [2.24, 2.45) is 0 Å². The Kier molecular flexibility index (Phi) is 7.52. The Bertz CT molecular complexity index is 373. The summed E-state index contributed by atoms with van der Waals surface area (Å²) in [6, 6.07) is 7.81. The van der Waals surface area contributed by atoms with E-state index < -0.39 is 0 Å². The molecule has 1 aromatic carbocycles. The molecule has 0 bridgehead atoms. The molecule has 0 radical (unpaired) electrons. The maximum absolute atomic E-state index is 5.93. The smallest absolute Gasteiger partial charge is 0.0950 e. The Balaban J connectivity index is 2.49. The lowest BCUT2D eigenvalue weighted by Crippen LogP contribution is -2.26. The number of hydrogen-bond acceptors (Lipinski definition) is 3. The van der Waals surface area contributed by atoms with Crippen LogP contribution in [0.1, 0.15) is 39.4 Å². The molecule has 0 aliphatic rings. The van der Waals surface area contributed by atoms with Gasteiger partial charge in [-0.05, 0) is 45.0 Å². The van der Waals surface area contributed by atoms with Gasteiger partial charge in [-0.15, -0.1) is 0 Å². The lowest BCUT2D eigenvalue weighted by Gasteiger charge is -2.22.